The Hall–Kier alpha value is -2.77. The molecule has 3 aromatic rings. The van der Waals surface area contributed by atoms with Crippen molar-refractivity contribution in [2.75, 3.05) is 29.9 Å². The van der Waals surface area contributed by atoms with Crippen LogP contribution in [0.1, 0.15) is 12.8 Å². The van der Waals surface area contributed by atoms with Crippen LogP contribution in [0.5, 0.6) is 0 Å². The Bertz CT molecular complexity index is 830. The number of rotatable bonds is 4. The molecule has 8 heteroatoms. The predicted molar refractivity (Wildman–Crippen MR) is 92.0 cm³/mol. The number of likely N-dealkylation sites (N-methyl/N-ethyl adjacent to an activating group) is 1. The SMILES string of the molecule is CN(CC1CCCN1c1cccnn1)c1ncnc2c1cnn2C. The maximum atomic E-state index is 4.47. The average Bonchev–Trinajstić information content (AvgIpc) is 3.22. The van der Waals surface area contributed by atoms with Gasteiger partial charge in [0, 0.05) is 39.4 Å². The Morgan fingerprint density at radius 2 is 2.25 bits per heavy atom. The van der Waals surface area contributed by atoms with Crippen molar-refractivity contribution in [1.82, 2.24) is 29.9 Å². The highest BCUT2D eigenvalue weighted by molar-refractivity contribution is 5.86. The molecule has 0 spiro atoms. The minimum atomic E-state index is 0.397. The normalized spacial score (nSPS) is 17.6. The highest BCUT2D eigenvalue weighted by Gasteiger charge is 2.27. The van der Waals surface area contributed by atoms with Gasteiger partial charge >= 0.3 is 0 Å². The number of fused-ring (bicyclic) bond motifs is 1. The van der Waals surface area contributed by atoms with E-state index in [2.05, 4.69) is 42.1 Å². The summed E-state index contributed by atoms with van der Waals surface area (Å²) in [5.41, 5.74) is 0.851. The van der Waals surface area contributed by atoms with E-state index in [1.807, 2.05) is 25.4 Å². The first-order valence-corrected chi connectivity index (χ1v) is 8.12. The maximum Gasteiger partial charge on any atom is 0.163 e. The molecule has 0 N–H and O–H groups in total. The topological polar surface area (TPSA) is 75.9 Å². The van der Waals surface area contributed by atoms with Gasteiger partial charge in [-0.15, -0.1) is 5.10 Å². The number of nitrogens with zero attached hydrogens (tertiary/aromatic N) is 8. The van der Waals surface area contributed by atoms with Crippen LogP contribution in [-0.4, -0.2) is 56.1 Å². The van der Waals surface area contributed by atoms with Gasteiger partial charge in [0.15, 0.2) is 11.5 Å². The molecule has 1 unspecified atom stereocenters. The average molecular weight is 324 g/mol. The second kappa shape index (κ2) is 6.03. The minimum absolute atomic E-state index is 0.397. The summed E-state index contributed by atoms with van der Waals surface area (Å²) in [6.07, 6.45) is 7.45. The van der Waals surface area contributed by atoms with Gasteiger partial charge in [-0.1, -0.05) is 0 Å². The molecule has 124 valence electrons. The van der Waals surface area contributed by atoms with Crippen LogP contribution in [0.2, 0.25) is 0 Å². The smallest absolute Gasteiger partial charge is 0.163 e. The Balaban J connectivity index is 1.58. The molecular weight excluding hydrogens is 304 g/mol. The Morgan fingerprint density at radius 3 is 3.08 bits per heavy atom. The van der Waals surface area contributed by atoms with Crippen LogP contribution in [0, 0.1) is 0 Å². The molecule has 0 amide bonds. The molecule has 3 aromatic heterocycles. The summed E-state index contributed by atoms with van der Waals surface area (Å²) in [7, 11) is 3.97. The van der Waals surface area contributed by atoms with Gasteiger partial charge in [0.2, 0.25) is 0 Å². The van der Waals surface area contributed by atoms with Gasteiger partial charge in [0.05, 0.1) is 11.6 Å². The second-order valence-corrected chi connectivity index (χ2v) is 6.15. The van der Waals surface area contributed by atoms with E-state index in [9.17, 15) is 0 Å². The van der Waals surface area contributed by atoms with E-state index in [1.165, 1.54) is 6.42 Å². The van der Waals surface area contributed by atoms with E-state index in [4.69, 9.17) is 0 Å². The Labute approximate surface area is 140 Å². The fourth-order valence-electron chi connectivity index (χ4n) is 3.43. The summed E-state index contributed by atoms with van der Waals surface area (Å²) in [6, 6.07) is 4.36. The number of aromatic nitrogens is 6. The highest BCUT2D eigenvalue weighted by Crippen LogP contribution is 2.26. The molecule has 4 rings (SSSR count). The van der Waals surface area contributed by atoms with E-state index < -0.39 is 0 Å². The van der Waals surface area contributed by atoms with Crippen molar-refractivity contribution in [1.29, 1.82) is 0 Å². The molecule has 1 saturated heterocycles. The summed E-state index contributed by atoms with van der Waals surface area (Å²) >= 11 is 0. The van der Waals surface area contributed by atoms with Gasteiger partial charge < -0.3 is 9.80 Å². The lowest BCUT2D eigenvalue weighted by molar-refractivity contribution is 0.644. The zero-order valence-electron chi connectivity index (χ0n) is 13.9. The largest absolute Gasteiger partial charge is 0.357 e. The van der Waals surface area contributed by atoms with Crippen LogP contribution in [0.25, 0.3) is 11.0 Å². The minimum Gasteiger partial charge on any atom is -0.357 e. The van der Waals surface area contributed by atoms with Crippen molar-refractivity contribution in [2.24, 2.45) is 7.05 Å². The van der Waals surface area contributed by atoms with Crippen molar-refractivity contribution in [2.45, 2.75) is 18.9 Å². The fourth-order valence-corrected chi connectivity index (χ4v) is 3.43. The molecule has 8 nitrogen and oxygen atoms in total. The van der Waals surface area contributed by atoms with Gasteiger partial charge in [0.1, 0.15) is 12.1 Å². The molecule has 0 saturated carbocycles. The Kier molecular flexibility index (Phi) is 3.72. The van der Waals surface area contributed by atoms with Gasteiger partial charge in [-0.25, -0.2) is 9.97 Å². The van der Waals surface area contributed by atoms with Crippen molar-refractivity contribution in [3.8, 4) is 0 Å². The highest BCUT2D eigenvalue weighted by atomic mass is 15.3. The lowest BCUT2D eigenvalue weighted by Gasteiger charge is -2.29. The van der Waals surface area contributed by atoms with Crippen LogP contribution >= 0.6 is 0 Å². The van der Waals surface area contributed by atoms with Gasteiger partial charge in [0.25, 0.3) is 0 Å². The van der Waals surface area contributed by atoms with E-state index in [0.29, 0.717) is 6.04 Å². The van der Waals surface area contributed by atoms with E-state index >= 15 is 0 Å². The summed E-state index contributed by atoms with van der Waals surface area (Å²) in [5, 5.41) is 13.5. The summed E-state index contributed by atoms with van der Waals surface area (Å²) in [5.74, 6) is 1.86. The molecule has 1 fully saturated rings. The number of anilines is 2. The van der Waals surface area contributed by atoms with Crippen molar-refractivity contribution >= 4 is 22.7 Å². The van der Waals surface area contributed by atoms with E-state index in [-0.39, 0.29) is 0 Å². The third kappa shape index (κ3) is 2.53. The first-order chi connectivity index (χ1) is 11.7. The van der Waals surface area contributed by atoms with Gasteiger partial charge in [-0.2, -0.15) is 10.2 Å². The Morgan fingerprint density at radius 1 is 1.33 bits per heavy atom. The van der Waals surface area contributed by atoms with Crippen LogP contribution < -0.4 is 9.80 Å². The standard InChI is InChI=1S/C16H20N8/c1-22(15-13-9-20-23(2)16(13)18-11-17-15)10-12-5-4-8-24(12)14-6-3-7-19-21-14/h3,6-7,9,11-12H,4-5,8,10H2,1-2H3. The van der Waals surface area contributed by atoms with Crippen molar-refractivity contribution in [3.05, 3.63) is 30.9 Å². The molecule has 0 aliphatic carbocycles. The number of hydrogen-bond donors (Lipinski definition) is 0. The lowest BCUT2D eigenvalue weighted by Crippen LogP contribution is -2.39. The van der Waals surface area contributed by atoms with Gasteiger partial charge in [-0.3, -0.25) is 4.68 Å². The van der Waals surface area contributed by atoms with Crippen molar-refractivity contribution in [3.63, 3.8) is 0 Å². The third-order valence-electron chi connectivity index (χ3n) is 4.58. The predicted octanol–water partition coefficient (Wildman–Crippen LogP) is 1.26. The van der Waals surface area contributed by atoms with E-state index in [1.54, 1.807) is 17.2 Å². The fraction of sp³-hybridized carbons (Fsp3) is 0.438. The number of hydrogen-bond acceptors (Lipinski definition) is 7. The molecular formula is C16H20N8. The zero-order valence-corrected chi connectivity index (χ0v) is 13.9. The molecule has 0 bridgehead atoms. The van der Waals surface area contributed by atoms with Crippen LogP contribution in [-0.2, 0) is 7.05 Å². The monoisotopic (exact) mass is 324 g/mol. The molecule has 24 heavy (non-hydrogen) atoms. The molecule has 1 atom stereocenters. The summed E-state index contributed by atoms with van der Waals surface area (Å²) in [4.78, 5) is 13.3. The van der Waals surface area contributed by atoms with E-state index in [0.717, 1.165) is 42.2 Å². The number of aryl methyl sites for hydroxylation is 1. The maximum absolute atomic E-state index is 4.47. The first-order valence-electron chi connectivity index (χ1n) is 8.12. The lowest BCUT2D eigenvalue weighted by atomic mass is 10.2. The van der Waals surface area contributed by atoms with Crippen LogP contribution in [0.4, 0.5) is 11.6 Å². The third-order valence-corrected chi connectivity index (χ3v) is 4.58. The molecule has 4 heterocycles. The first kappa shape index (κ1) is 14.8. The van der Waals surface area contributed by atoms with Crippen LogP contribution in [0.3, 0.4) is 0 Å². The van der Waals surface area contributed by atoms with Crippen molar-refractivity contribution < 1.29 is 0 Å². The summed E-state index contributed by atoms with van der Waals surface area (Å²) in [6.45, 7) is 1.89. The molecule has 1 aliphatic rings. The molecule has 0 aromatic carbocycles. The molecule has 1 aliphatic heterocycles. The molecule has 0 radical (unpaired) electrons. The second-order valence-electron chi connectivity index (χ2n) is 6.15. The zero-order chi connectivity index (χ0) is 16.5. The summed E-state index contributed by atoms with van der Waals surface area (Å²) < 4.78 is 1.77. The van der Waals surface area contributed by atoms with Crippen LogP contribution in [0.15, 0.2) is 30.9 Å². The van der Waals surface area contributed by atoms with Gasteiger partial charge in [-0.05, 0) is 25.0 Å². The quantitative estimate of drug-likeness (QED) is 0.715.